The molecular weight excluding hydrogens is 532 g/mol. The van der Waals surface area contributed by atoms with Crippen LogP contribution in [-0.2, 0) is 23.9 Å². The van der Waals surface area contributed by atoms with Crippen molar-refractivity contribution in [1.82, 2.24) is 4.90 Å². The van der Waals surface area contributed by atoms with Gasteiger partial charge in [-0.3, -0.25) is 14.4 Å². The van der Waals surface area contributed by atoms with Gasteiger partial charge in [0.05, 0.1) is 12.5 Å². The highest BCUT2D eigenvalue weighted by Crippen LogP contribution is 2.58. The molecule has 8 nitrogen and oxygen atoms in total. The van der Waals surface area contributed by atoms with E-state index < -0.39 is 35.0 Å². The van der Waals surface area contributed by atoms with E-state index in [1.807, 2.05) is 67.6 Å². The molecule has 2 saturated heterocycles. The molecule has 4 aliphatic heterocycles. The van der Waals surface area contributed by atoms with Crippen molar-refractivity contribution < 1.29 is 29.0 Å². The summed E-state index contributed by atoms with van der Waals surface area (Å²) < 4.78 is 12.8. The highest BCUT2D eigenvalue weighted by Gasteiger charge is 2.75. The monoisotopic (exact) mass is 572 g/mol. The molecule has 0 bridgehead atoms. The smallest absolute Gasteiger partial charge is 0.313 e. The zero-order valence-electron chi connectivity index (χ0n) is 24.2. The van der Waals surface area contributed by atoms with E-state index in [-0.39, 0.29) is 18.4 Å². The molecule has 2 fully saturated rings. The number of aliphatic hydroxyl groups excluding tert-OH is 1. The number of esters is 1. The lowest BCUT2D eigenvalue weighted by Crippen LogP contribution is -2.56. The molecule has 8 heteroatoms. The molecule has 1 N–H and O–H groups in total. The SMILES string of the molecule is CC[C@@]12/C=C\CCCCOC(=O)[C@@H]1[C@H]1C(=O)N(CCCCCO)C3C(=O)N(c4ccc5ccccc5c4)CC=C[C@@]31O2. The van der Waals surface area contributed by atoms with Crippen molar-refractivity contribution in [3.8, 4) is 0 Å². The maximum absolute atomic E-state index is 14.7. The first-order chi connectivity index (χ1) is 20.5. The number of benzene rings is 2. The second-order valence-corrected chi connectivity index (χ2v) is 11.9. The predicted octanol–water partition coefficient (Wildman–Crippen LogP) is 4.55. The van der Waals surface area contributed by atoms with E-state index in [2.05, 4.69) is 6.08 Å². The molecule has 2 aromatic rings. The topological polar surface area (TPSA) is 96.4 Å². The number of cyclic esters (lactones) is 1. The average Bonchev–Trinajstić information content (AvgIpc) is 3.35. The molecule has 42 heavy (non-hydrogen) atoms. The quantitative estimate of drug-likeness (QED) is 0.297. The Morgan fingerprint density at radius 2 is 1.76 bits per heavy atom. The van der Waals surface area contributed by atoms with Crippen molar-refractivity contribution in [2.45, 2.75) is 69.1 Å². The number of amides is 2. The number of unbranched alkanes of at least 4 members (excludes halogenated alkanes) is 2. The highest BCUT2D eigenvalue weighted by molar-refractivity contribution is 6.06. The molecule has 5 atom stereocenters. The summed E-state index contributed by atoms with van der Waals surface area (Å²) in [5, 5.41) is 11.4. The number of aliphatic hydroxyl groups is 1. The Balaban J connectivity index is 1.45. The number of hydrogen-bond acceptors (Lipinski definition) is 6. The van der Waals surface area contributed by atoms with Gasteiger partial charge in [0, 0.05) is 25.4 Å². The third-order valence-corrected chi connectivity index (χ3v) is 9.48. The fourth-order valence-electron chi connectivity index (χ4n) is 7.42. The van der Waals surface area contributed by atoms with Crippen molar-refractivity contribution in [1.29, 1.82) is 0 Å². The van der Waals surface area contributed by atoms with E-state index in [9.17, 15) is 19.5 Å². The molecule has 0 radical (unpaired) electrons. The van der Waals surface area contributed by atoms with E-state index in [0.717, 1.165) is 42.1 Å². The van der Waals surface area contributed by atoms with Gasteiger partial charge in [-0.1, -0.05) is 61.6 Å². The summed E-state index contributed by atoms with van der Waals surface area (Å²) in [6, 6.07) is 13.0. The van der Waals surface area contributed by atoms with Crippen LogP contribution in [0.3, 0.4) is 0 Å². The van der Waals surface area contributed by atoms with Crippen LogP contribution >= 0.6 is 0 Å². The van der Waals surface area contributed by atoms with Crippen molar-refractivity contribution in [2.75, 3.05) is 31.2 Å². The van der Waals surface area contributed by atoms with Gasteiger partial charge in [-0.2, -0.15) is 0 Å². The predicted molar refractivity (Wildman–Crippen MR) is 160 cm³/mol. The molecule has 222 valence electrons. The fraction of sp³-hybridized carbons (Fsp3) is 0.500. The molecule has 4 heterocycles. The lowest BCUT2D eigenvalue weighted by atomic mass is 9.73. The number of likely N-dealkylation sites (tertiary alicyclic amines) is 1. The van der Waals surface area contributed by atoms with Crippen LogP contribution in [0, 0.1) is 11.8 Å². The van der Waals surface area contributed by atoms with E-state index in [1.165, 1.54) is 0 Å². The second-order valence-electron chi connectivity index (χ2n) is 11.9. The molecule has 6 rings (SSSR count). The fourth-order valence-corrected chi connectivity index (χ4v) is 7.42. The molecule has 4 aliphatic rings. The van der Waals surface area contributed by atoms with Gasteiger partial charge < -0.3 is 24.4 Å². The normalized spacial score (nSPS) is 31.9. The minimum absolute atomic E-state index is 0.0731. The number of carbonyl (C=O) groups is 3. The van der Waals surface area contributed by atoms with Gasteiger partial charge in [0.15, 0.2) is 0 Å². The van der Waals surface area contributed by atoms with Crippen LogP contribution in [0.1, 0.15) is 51.9 Å². The van der Waals surface area contributed by atoms with Crippen LogP contribution in [0.5, 0.6) is 0 Å². The van der Waals surface area contributed by atoms with Crippen molar-refractivity contribution in [3.63, 3.8) is 0 Å². The molecule has 2 amide bonds. The number of hydrogen-bond donors (Lipinski definition) is 1. The Labute approximate surface area is 246 Å². The number of anilines is 1. The standard InChI is InChI=1S/C34H40N2O6/c1-2-33-17-8-3-4-11-22-41-32(40)28(33)27-30(38)36(19-9-5-10-21-37)29-31(39)35(20-12-18-34(27,29)42-33)26-16-15-24-13-6-7-14-25(24)23-26/h6-8,12-18,23,27-29,37H,2-5,9-11,19-22H2,1H3/b17-8-/t27-,28-,29?,33+,34-/m0/s1. The molecule has 1 spiro atoms. The van der Waals surface area contributed by atoms with Crippen LogP contribution in [0.2, 0.25) is 0 Å². The largest absolute Gasteiger partial charge is 0.465 e. The summed E-state index contributed by atoms with van der Waals surface area (Å²) in [6.45, 7) is 3.00. The summed E-state index contributed by atoms with van der Waals surface area (Å²) in [5.74, 6) is -2.64. The number of ether oxygens (including phenoxy) is 2. The van der Waals surface area contributed by atoms with Crippen LogP contribution in [0.15, 0.2) is 66.8 Å². The summed E-state index contributed by atoms with van der Waals surface area (Å²) in [7, 11) is 0. The Bertz CT molecular complexity index is 1420. The third kappa shape index (κ3) is 4.65. The third-order valence-electron chi connectivity index (χ3n) is 9.48. The van der Waals surface area contributed by atoms with E-state index >= 15 is 0 Å². The van der Waals surface area contributed by atoms with Gasteiger partial charge >= 0.3 is 5.97 Å². The van der Waals surface area contributed by atoms with Gasteiger partial charge in [-0.25, -0.2) is 0 Å². The Morgan fingerprint density at radius 1 is 0.929 bits per heavy atom. The minimum Gasteiger partial charge on any atom is -0.465 e. The Kier molecular flexibility index (Phi) is 7.94. The Morgan fingerprint density at radius 3 is 2.57 bits per heavy atom. The molecule has 0 aromatic heterocycles. The van der Waals surface area contributed by atoms with Gasteiger partial charge in [0.2, 0.25) is 5.91 Å². The van der Waals surface area contributed by atoms with Crippen LogP contribution in [0.25, 0.3) is 10.8 Å². The average molecular weight is 573 g/mol. The number of allylic oxidation sites excluding steroid dienone is 1. The number of nitrogens with zero attached hydrogens (tertiary/aromatic N) is 2. The van der Waals surface area contributed by atoms with Crippen molar-refractivity contribution in [3.05, 3.63) is 66.8 Å². The summed E-state index contributed by atoms with van der Waals surface area (Å²) in [5.41, 5.74) is -1.62. The van der Waals surface area contributed by atoms with Crippen LogP contribution in [-0.4, -0.2) is 71.3 Å². The van der Waals surface area contributed by atoms with Gasteiger partial charge in [0.25, 0.3) is 5.91 Å². The minimum atomic E-state index is -1.31. The first-order valence-electron chi connectivity index (χ1n) is 15.4. The second kappa shape index (κ2) is 11.7. The van der Waals surface area contributed by atoms with Crippen molar-refractivity contribution >= 4 is 34.2 Å². The van der Waals surface area contributed by atoms with E-state index in [1.54, 1.807) is 9.80 Å². The van der Waals surface area contributed by atoms with Crippen molar-refractivity contribution in [2.24, 2.45) is 11.8 Å². The first kappa shape index (κ1) is 28.6. The number of carbonyl (C=O) groups excluding carboxylic acids is 3. The molecule has 2 aromatic carbocycles. The maximum Gasteiger partial charge on any atom is 0.313 e. The molecule has 1 unspecified atom stereocenters. The number of fused-ring (bicyclic) bond motifs is 3. The Hall–Kier alpha value is -3.49. The molecular formula is C34H40N2O6. The summed E-state index contributed by atoms with van der Waals surface area (Å²) in [4.78, 5) is 46.3. The van der Waals surface area contributed by atoms with Gasteiger partial charge in [-0.15, -0.1) is 0 Å². The number of rotatable bonds is 7. The van der Waals surface area contributed by atoms with E-state index in [0.29, 0.717) is 39.0 Å². The highest BCUT2D eigenvalue weighted by atomic mass is 16.6. The zero-order chi connectivity index (χ0) is 29.3. The van der Waals surface area contributed by atoms with Crippen LogP contribution < -0.4 is 4.90 Å². The van der Waals surface area contributed by atoms with Gasteiger partial charge in [-0.05, 0) is 67.9 Å². The van der Waals surface area contributed by atoms with Crippen LogP contribution in [0.4, 0.5) is 5.69 Å². The zero-order valence-corrected chi connectivity index (χ0v) is 24.2. The lowest BCUT2D eigenvalue weighted by Gasteiger charge is -2.38. The first-order valence-corrected chi connectivity index (χ1v) is 15.4. The van der Waals surface area contributed by atoms with Gasteiger partial charge in [0.1, 0.15) is 23.2 Å². The molecule has 0 aliphatic carbocycles. The van der Waals surface area contributed by atoms with E-state index in [4.69, 9.17) is 9.47 Å². The summed E-state index contributed by atoms with van der Waals surface area (Å²) >= 11 is 0. The molecule has 0 saturated carbocycles. The summed E-state index contributed by atoms with van der Waals surface area (Å²) in [6.07, 6.45) is 12.7. The lowest BCUT2D eigenvalue weighted by molar-refractivity contribution is -0.160. The maximum atomic E-state index is 14.7.